The zero-order chi connectivity index (χ0) is 23.5. The van der Waals surface area contributed by atoms with E-state index >= 15 is 0 Å². The van der Waals surface area contributed by atoms with Crippen LogP contribution in [0.2, 0.25) is 0 Å². The molecule has 2 saturated heterocycles. The summed E-state index contributed by atoms with van der Waals surface area (Å²) in [4.78, 5) is 31.1. The molecule has 3 aliphatic heterocycles. The van der Waals surface area contributed by atoms with Gasteiger partial charge in [-0.3, -0.25) is 9.59 Å². The van der Waals surface area contributed by atoms with Crippen molar-refractivity contribution in [3.63, 3.8) is 0 Å². The fourth-order valence-corrected chi connectivity index (χ4v) is 5.78. The summed E-state index contributed by atoms with van der Waals surface area (Å²) < 4.78 is 6.14. The van der Waals surface area contributed by atoms with Crippen molar-refractivity contribution in [2.75, 3.05) is 39.8 Å². The van der Waals surface area contributed by atoms with Crippen LogP contribution in [0.5, 0.6) is 11.5 Å². The van der Waals surface area contributed by atoms with Crippen molar-refractivity contribution in [2.24, 2.45) is 11.3 Å². The molecule has 6 nitrogen and oxygen atoms in total. The summed E-state index contributed by atoms with van der Waals surface area (Å²) >= 11 is 0. The Bertz CT molecular complexity index is 1040. The first-order valence-corrected chi connectivity index (χ1v) is 12.6. The molecule has 0 aromatic heterocycles. The van der Waals surface area contributed by atoms with Crippen molar-refractivity contribution in [3.05, 3.63) is 59.7 Å². The lowest BCUT2D eigenvalue weighted by atomic mass is 9.72. The lowest BCUT2D eigenvalue weighted by molar-refractivity contribution is -0.144. The molecule has 2 amide bonds. The molecule has 180 valence electrons. The Balaban J connectivity index is 1.35. The Hall–Kier alpha value is -2.86. The summed E-state index contributed by atoms with van der Waals surface area (Å²) in [6.45, 7) is 3.79. The Labute approximate surface area is 202 Å². The molecule has 1 spiro atoms. The third-order valence-corrected chi connectivity index (χ3v) is 7.76. The van der Waals surface area contributed by atoms with Crippen LogP contribution in [0, 0.1) is 11.3 Å². The molecule has 1 unspecified atom stereocenters. The zero-order valence-corrected chi connectivity index (χ0v) is 20.1. The molecule has 6 heteroatoms. The molecule has 1 N–H and O–H groups in total. The van der Waals surface area contributed by atoms with Crippen LogP contribution in [0.4, 0.5) is 0 Å². The molecule has 4 bridgehead atoms. The molecule has 34 heavy (non-hydrogen) atoms. The van der Waals surface area contributed by atoms with E-state index in [1.807, 2.05) is 35.2 Å². The fraction of sp³-hybridized carbons (Fsp3) is 0.500. The van der Waals surface area contributed by atoms with E-state index in [4.69, 9.17) is 4.74 Å². The van der Waals surface area contributed by atoms with Crippen LogP contribution < -0.4 is 10.1 Å². The van der Waals surface area contributed by atoms with Crippen LogP contribution >= 0.6 is 0 Å². The van der Waals surface area contributed by atoms with E-state index in [1.165, 1.54) is 0 Å². The second kappa shape index (κ2) is 9.79. The number of hydrogen-bond donors (Lipinski definition) is 1. The minimum absolute atomic E-state index is 0.0884. The van der Waals surface area contributed by atoms with Gasteiger partial charge in [-0.15, -0.1) is 0 Å². The molecule has 2 aromatic rings. The Morgan fingerprint density at radius 1 is 1.03 bits per heavy atom. The average Bonchev–Trinajstić information content (AvgIpc) is 2.84. The van der Waals surface area contributed by atoms with Crippen molar-refractivity contribution in [2.45, 2.75) is 38.5 Å². The number of rotatable bonds is 1. The number of nitrogens with one attached hydrogen (secondary N) is 1. The topological polar surface area (TPSA) is 61.9 Å². The van der Waals surface area contributed by atoms with E-state index in [0.29, 0.717) is 38.9 Å². The molecule has 2 fully saturated rings. The summed E-state index contributed by atoms with van der Waals surface area (Å²) in [5, 5.41) is 3.22. The number of carbonyl (C=O) groups excluding carboxylic acids is 2. The summed E-state index contributed by atoms with van der Waals surface area (Å²) in [5.74, 6) is 2.07. The van der Waals surface area contributed by atoms with Crippen LogP contribution in [-0.2, 0) is 22.4 Å². The second-order valence-corrected chi connectivity index (χ2v) is 10.3. The monoisotopic (exact) mass is 461 g/mol. The number of likely N-dealkylation sites (tertiary alicyclic amines) is 2. The number of ether oxygens (including phenoxy) is 1. The third kappa shape index (κ3) is 4.97. The van der Waals surface area contributed by atoms with Crippen molar-refractivity contribution < 1.29 is 14.3 Å². The Kier molecular flexibility index (Phi) is 6.59. The number of carbonyl (C=O) groups is 2. The van der Waals surface area contributed by atoms with E-state index in [2.05, 4.69) is 35.5 Å². The van der Waals surface area contributed by atoms with Gasteiger partial charge in [-0.2, -0.15) is 0 Å². The summed E-state index contributed by atoms with van der Waals surface area (Å²) in [6, 6.07) is 16.2. The average molecular weight is 462 g/mol. The second-order valence-electron chi connectivity index (χ2n) is 10.3. The minimum Gasteiger partial charge on any atom is -0.457 e. The van der Waals surface area contributed by atoms with E-state index in [1.54, 1.807) is 0 Å². The molecule has 0 aliphatic carbocycles. The molecule has 5 rings (SSSR count). The van der Waals surface area contributed by atoms with Crippen molar-refractivity contribution in [3.8, 4) is 11.5 Å². The van der Waals surface area contributed by atoms with E-state index in [0.717, 1.165) is 55.0 Å². The minimum atomic E-state index is -0.509. The van der Waals surface area contributed by atoms with Crippen LogP contribution in [-0.4, -0.2) is 61.4 Å². The molecule has 1 atom stereocenters. The third-order valence-electron chi connectivity index (χ3n) is 7.76. The summed E-state index contributed by atoms with van der Waals surface area (Å²) in [5.41, 5.74) is 1.72. The van der Waals surface area contributed by atoms with E-state index in [9.17, 15) is 9.59 Å². The van der Waals surface area contributed by atoms with Gasteiger partial charge in [0.25, 0.3) is 0 Å². The molecule has 0 radical (unpaired) electrons. The maximum absolute atomic E-state index is 13.6. The predicted octanol–water partition coefficient (Wildman–Crippen LogP) is 3.64. The molecule has 3 aliphatic rings. The number of nitrogens with zero attached hydrogens (tertiary/aromatic N) is 2. The van der Waals surface area contributed by atoms with Crippen LogP contribution in [0.3, 0.4) is 0 Å². The number of hydrogen-bond acceptors (Lipinski definition) is 4. The Morgan fingerprint density at radius 3 is 2.47 bits per heavy atom. The van der Waals surface area contributed by atoms with Gasteiger partial charge in [-0.25, -0.2) is 0 Å². The van der Waals surface area contributed by atoms with Crippen molar-refractivity contribution >= 4 is 11.8 Å². The number of piperidine rings is 2. The lowest BCUT2D eigenvalue weighted by Crippen LogP contribution is -2.53. The highest BCUT2D eigenvalue weighted by Crippen LogP contribution is 2.37. The van der Waals surface area contributed by atoms with Crippen molar-refractivity contribution in [1.29, 1.82) is 0 Å². The van der Waals surface area contributed by atoms with Gasteiger partial charge in [-0.1, -0.05) is 24.3 Å². The molecule has 2 aromatic carbocycles. The standard InChI is InChI=1S/C28H35N3O3/c1-30-14-4-7-23(20-30)26(32)31-15-11-28(12-16-31)19-22-6-3-9-25(18-22)34-24-8-2-5-21(17-24)10-13-29-27(28)33/h2-3,5-6,8-9,17-18,23H,4,7,10-16,19-20H2,1H3,(H,29,33). The largest absolute Gasteiger partial charge is 0.457 e. The van der Waals surface area contributed by atoms with Crippen molar-refractivity contribution in [1.82, 2.24) is 15.1 Å². The fourth-order valence-electron chi connectivity index (χ4n) is 5.78. The van der Waals surface area contributed by atoms with Crippen LogP contribution in [0.25, 0.3) is 0 Å². The smallest absolute Gasteiger partial charge is 0.226 e. The number of benzene rings is 2. The SMILES string of the molecule is CN1CCCC(C(=O)N2CCC3(CC2)Cc2cccc(c2)Oc2cccc(c2)CCNC3=O)C1. The molecule has 0 saturated carbocycles. The lowest BCUT2D eigenvalue weighted by Gasteiger charge is -2.42. The highest BCUT2D eigenvalue weighted by Gasteiger charge is 2.43. The summed E-state index contributed by atoms with van der Waals surface area (Å²) in [6.07, 6.45) is 4.84. The maximum atomic E-state index is 13.6. The highest BCUT2D eigenvalue weighted by molar-refractivity contribution is 5.84. The van der Waals surface area contributed by atoms with Crippen LogP contribution in [0.1, 0.15) is 36.8 Å². The normalized spacial score (nSPS) is 23.1. The van der Waals surface area contributed by atoms with E-state index < -0.39 is 5.41 Å². The molecular formula is C28H35N3O3. The van der Waals surface area contributed by atoms with Crippen LogP contribution in [0.15, 0.2) is 48.5 Å². The van der Waals surface area contributed by atoms with Gasteiger partial charge in [0.1, 0.15) is 11.5 Å². The first-order valence-electron chi connectivity index (χ1n) is 12.6. The van der Waals surface area contributed by atoms with Gasteiger partial charge in [0.2, 0.25) is 11.8 Å². The van der Waals surface area contributed by atoms with Gasteiger partial charge in [-0.05, 0) is 87.5 Å². The van der Waals surface area contributed by atoms with Gasteiger partial charge >= 0.3 is 0 Å². The van der Waals surface area contributed by atoms with Gasteiger partial charge < -0.3 is 19.9 Å². The first kappa shape index (κ1) is 22.9. The molecular weight excluding hydrogens is 426 g/mol. The highest BCUT2D eigenvalue weighted by atomic mass is 16.5. The van der Waals surface area contributed by atoms with E-state index in [-0.39, 0.29) is 17.7 Å². The van der Waals surface area contributed by atoms with Gasteiger partial charge in [0, 0.05) is 26.2 Å². The predicted molar refractivity (Wildman–Crippen MR) is 132 cm³/mol. The maximum Gasteiger partial charge on any atom is 0.226 e. The number of amides is 2. The van der Waals surface area contributed by atoms with Gasteiger partial charge in [0.15, 0.2) is 0 Å². The molecule has 3 heterocycles. The zero-order valence-electron chi connectivity index (χ0n) is 20.1. The van der Waals surface area contributed by atoms with Gasteiger partial charge in [0.05, 0.1) is 11.3 Å². The summed E-state index contributed by atoms with van der Waals surface area (Å²) in [7, 11) is 2.09. The Morgan fingerprint density at radius 2 is 1.74 bits per heavy atom. The number of fused-ring (bicyclic) bond motifs is 4. The quantitative estimate of drug-likeness (QED) is 0.704. The first-order chi connectivity index (χ1) is 16.5.